The summed E-state index contributed by atoms with van der Waals surface area (Å²) in [5, 5.41) is 9.46. The number of amides is 1. The predicted molar refractivity (Wildman–Crippen MR) is 133 cm³/mol. The number of hydrogen-bond acceptors (Lipinski definition) is 7. The van der Waals surface area contributed by atoms with E-state index in [1.807, 2.05) is 18.2 Å². The summed E-state index contributed by atoms with van der Waals surface area (Å²) in [6.45, 7) is 3.98. The van der Waals surface area contributed by atoms with Crippen molar-refractivity contribution in [3.05, 3.63) is 64.8 Å². The summed E-state index contributed by atoms with van der Waals surface area (Å²) in [5.74, 6) is 0.399. The third-order valence-corrected chi connectivity index (χ3v) is 6.38. The van der Waals surface area contributed by atoms with E-state index in [4.69, 9.17) is 0 Å². The fourth-order valence-electron chi connectivity index (χ4n) is 4.48. The van der Waals surface area contributed by atoms with E-state index in [0.717, 1.165) is 44.1 Å². The summed E-state index contributed by atoms with van der Waals surface area (Å²) in [6.07, 6.45) is 7.79. The van der Waals surface area contributed by atoms with Gasteiger partial charge < -0.3 is 25.8 Å². The number of anilines is 3. The minimum absolute atomic E-state index is 0.177. The molecule has 4 N–H and O–H groups in total. The molecule has 0 bridgehead atoms. The van der Waals surface area contributed by atoms with Crippen molar-refractivity contribution in [3.8, 4) is 11.3 Å². The first-order valence-electron chi connectivity index (χ1n) is 11.8. The molecule has 0 saturated carbocycles. The van der Waals surface area contributed by atoms with Crippen molar-refractivity contribution in [2.75, 3.05) is 41.7 Å². The molecule has 4 heterocycles. The number of hydrogen-bond donors (Lipinski definition) is 4. The highest BCUT2D eigenvalue weighted by Gasteiger charge is 2.16. The van der Waals surface area contributed by atoms with Crippen molar-refractivity contribution < 1.29 is 4.79 Å². The van der Waals surface area contributed by atoms with Crippen LogP contribution in [0.5, 0.6) is 0 Å². The van der Waals surface area contributed by atoms with Crippen molar-refractivity contribution in [3.63, 3.8) is 0 Å². The normalized spacial score (nSPS) is 18.0. The van der Waals surface area contributed by atoms with Crippen LogP contribution in [0.2, 0.25) is 0 Å². The number of benzene rings is 1. The van der Waals surface area contributed by atoms with Crippen LogP contribution in [0, 0.1) is 0 Å². The van der Waals surface area contributed by atoms with Crippen LogP contribution in [-0.2, 0) is 0 Å². The predicted octanol–water partition coefficient (Wildman–Crippen LogP) is 2.85. The van der Waals surface area contributed by atoms with Gasteiger partial charge in [0, 0.05) is 54.8 Å². The van der Waals surface area contributed by atoms with E-state index >= 15 is 0 Å². The highest BCUT2D eigenvalue weighted by atomic mass is 16.2. The molecule has 176 valence electrons. The van der Waals surface area contributed by atoms with Crippen LogP contribution in [-0.4, -0.2) is 53.1 Å². The Morgan fingerprint density at radius 1 is 1.06 bits per heavy atom. The summed E-state index contributed by atoms with van der Waals surface area (Å²) in [7, 11) is 0. The minimum Gasteiger partial charge on any atom is -0.372 e. The second-order valence-corrected chi connectivity index (χ2v) is 8.80. The smallest absolute Gasteiger partial charge is 0.271 e. The van der Waals surface area contributed by atoms with Crippen molar-refractivity contribution in [2.45, 2.75) is 31.7 Å². The van der Waals surface area contributed by atoms with Crippen LogP contribution in [0.25, 0.3) is 11.3 Å². The maximum absolute atomic E-state index is 12.8. The molecule has 1 aromatic carbocycles. The van der Waals surface area contributed by atoms with E-state index in [0.29, 0.717) is 22.9 Å². The van der Waals surface area contributed by atoms with Gasteiger partial charge >= 0.3 is 0 Å². The molecule has 2 aliphatic heterocycles. The molecule has 0 radical (unpaired) electrons. The van der Waals surface area contributed by atoms with Crippen molar-refractivity contribution in [1.82, 2.24) is 20.3 Å². The number of carbonyl (C=O) groups excluding carboxylic acids is 1. The standard InChI is InChI=1S/C25H29N7O2/c33-24(17-4-6-20(7-5-17)32-10-2-1-3-11-32)31-22-12-18(14-27-25(22)34)21-13-23(29-16-28-21)30-19-8-9-26-15-19/h4-7,12-14,16,19,26H,1-3,8-11,15H2,(H,27,34)(H,31,33)(H,28,29,30). The topological polar surface area (TPSA) is 115 Å². The SMILES string of the molecule is O=C(Nc1cc(-c2cc(NC3CCNC3)ncn2)c[nH]c1=O)c1ccc(N2CCCCC2)cc1. The van der Waals surface area contributed by atoms with E-state index in [9.17, 15) is 9.59 Å². The molecule has 2 fully saturated rings. The quantitative estimate of drug-likeness (QED) is 0.448. The van der Waals surface area contributed by atoms with Crippen LogP contribution < -0.4 is 26.4 Å². The zero-order valence-corrected chi connectivity index (χ0v) is 19.0. The van der Waals surface area contributed by atoms with Crippen LogP contribution >= 0.6 is 0 Å². The summed E-state index contributed by atoms with van der Waals surface area (Å²) >= 11 is 0. The monoisotopic (exact) mass is 459 g/mol. The highest BCUT2D eigenvalue weighted by Crippen LogP contribution is 2.22. The zero-order chi connectivity index (χ0) is 23.3. The van der Waals surface area contributed by atoms with Crippen LogP contribution in [0.3, 0.4) is 0 Å². The second-order valence-electron chi connectivity index (χ2n) is 8.80. The van der Waals surface area contributed by atoms with Crippen LogP contribution in [0.1, 0.15) is 36.0 Å². The van der Waals surface area contributed by atoms with Gasteiger partial charge in [0.25, 0.3) is 11.5 Å². The average Bonchev–Trinajstić information content (AvgIpc) is 3.39. The molecule has 1 atom stereocenters. The van der Waals surface area contributed by atoms with Gasteiger partial charge in [0.2, 0.25) is 0 Å². The minimum atomic E-state index is -0.369. The molecule has 0 spiro atoms. The number of H-pyrrole nitrogens is 1. The third kappa shape index (κ3) is 5.09. The first-order valence-corrected chi connectivity index (χ1v) is 11.8. The third-order valence-electron chi connectivity index (χ3n) is 6.38. The fourth-order valence-corrected chi connectivity index (χ4v) is 4.48. The lowest BCUT2D eigenvalue weighted by atomic mass is 10.1. The maximum Gasteiger partial charge on any atom is 0.271 e. The Labute approximate surface area is 198 Å². The molecule has 2 aromatic heterocycles. The van der Waals surface area contributed by atoms with Crippen LogP contribution in [0.4, 0.5) is 17.2 Å². The molecule has 2 saturated heterocycles. The van der Waals surface area contributed by atoms with Gasteiger partial charge in [0.05, 0.1) is 5.69 Å². The number of aromatic nitrogens is 3. The molecule has 34 heavy (non-hydrogen) atoms. The lowest BCUT2D eigenvalue weighted by Gasteiger charge is -2.28. The number of nitrogens with zero attached hydrogens (tertiary/aromatic N) is 3. The van der Waals surface area contributed by atoms with Gasteiger partial charge in [0.1, 0.15) is 17.8 Å². The molecule has 0 aliphatic carbocycles. The molecule has 9 nitrogen and oxygen atoms in total. The molecule has 9 heteroatoms. The Morgan fingerprint density at radius 3 is 2.65 bits per heavy atom. The lowest BCUT2D eigenvalue weighted by Crippen LogP contribution is -2.29. The molecular weight excluding hydrogens is 430 g/mol. The highest BCUT2D eigenvalue weighted by molar-refractivity contribution is 6.04. The van der Waals surface area contributed by atoms with Gasteiger partial charge in [-0.1, -0.05) is 0 Å². The molecule has 5 rings (SSSR count). The Bertz CT molecular complexity index is 1200. The maximum atomic E-state index is 12.8. The van der Waals surface area contributed by atoms with Crippen molar-refractivity contribution in [1.29, 1.82) is 0 Å². The molecule has 3 aromatic rings. The van der Waals surface area contributed by atoms with Crippen LogP contribution in [0.15, 0.2) is 53.7 Å². The van der Waals surface area contributed by atoms with Gasteiger partial charge in [-0.05, 0) is 62.6 Å². The second kappa shape index (κ2) is 10.0. The number of pyridine rings is 1. The van der Waals surface area contributed by atoms with E-state index in [1.54, 1.807) is 24.4 Å². The Hall–Kier alpha value is -3.72. The summed E-state index contributed by atoms with van der Waals surface area (Å²) < 4.78 is 0. The van der Waals surface area contributed by atoms with E-state index in [1.165, 1.54) is 25.6 Å². The number of carbonyl (C=O) groups is 1. The van der Waals surface area contributed by atoms with E-state index in [2.05, 4.69) is 35.8 Å². The Morgan fingerprint density at radius 2 is 1.88 bits per heavy atom. The lowest BCUT2D eigenvalue weighted by molar-refractivity contribution is 0.102. The number of aromatic amines is 1. The molecule has 1 unspecified atom stereocenters. The Balaban J connectivity index is 1.30. The van der Waals surface area contributed by atoms with E-state index < -0.39 is 0 Å². The summed E-state index contributed by atoms with van der Waals surface area (Å²) in [5.41, 5.74) is 2.77. The summed E-state index contributed by atoms with van der Waals surface area (Å²) in [6, 6.07) is 11.4. The number of piperidine rings is 1. The number of nitrogens with one attached hydrogen (secondary N) is 4. The molecular formula is C25H29N7O2. The molecule has 2 aliphatic rings. The van der Waals surface area contributed by atoms with E-state index in [-0.39, 0.29) is 17.2 Å². The fraction of sp³-hybridized carbons (Fsp3) is 0.360. The Kier molecular flexibility index (Phi) is 6.53. The van der Waals surface area contributed by atoms with Gasteiger partial charge in [-0.2, -0.15) is 0 Å². The van der Waals surface area contributed by atoms with Crippen molar-refractivity contribution in [2.24, 2.45) is 0 Å². The first kappa shape index (κ1) is 22.1. The largest absolute Gasteiger partial charge is 0.372 e. The summed E-state index contributed by atoms with van der Waals surface area (Å²) in [4.78, 5) is 38.9. The van der Waals surface area contributed by atoms with Gasteiger partial charge in [0.15, 0.2) is 0 Å². The zero-order valence-electron chi connectivity index (χ0n) is 19.0. The van der Waals surface area contributed by atoms with Gasteiger partial charge in [-0.15, -0.1) is 0 Å². The first-order chi connectivity index (χ1) is 16.7. The van der Waals surface area contributed by atoms with Crippen molar-refractivity contribution >= 4 is 23.1 Å². The number of rotatable bonds is 6. The average molecular weight is 460 g/mol. The van der Waals surface area contributed by atoms with Gasteiger partial charge in [-0.25, -0.2) is 9.97 Å². The van der Waals surface area contributed by atoms with Gasteiger partial charge in [-0.3, -0.25) is 9.59 Å². The molecule has 1 amide bonds.